The van der Waals surface area contributed by atoms with Crippen LogP contribution in [0.2, 0.25) is 0 Å². The van der Waals surface area contributed by atoms with Crippen LogP contribution in [0.3, 0.4) is 0 Å². The van der Waals surface area contributed by atoms with E-state index in [0.717, 1.165) is 25.1 Å². The molecule has 0 aliphatic carbocycles. The molecule has 1 fully saturated rings. The van der Waals surface area contributed by atoms with E-state index in [1.54, 1.807) is 0 Å². The van der Waals surface area contributed by atoms with E-state index in [2.05, 4.69) is 9.97 Å². The largest absolute Gasteiger partial charge is 0.447 e. The van der Waals surface area contributed by atoms with Crippen LogP contribution in [0.1, 0.15) is 24.4 Å². The van der Waals surface area contributed by atoms with Gasteiger partial charge in [-0.2, -0.15) is 13.2 Å². The molecule has 1 aliphatic heterocycles. The molecule has 0 aromatic carbocycles. The Bertz CT molecular complexity index is 533. The van der Waals surface area contributed by atoms with Crippen molar-refractivity contribution < 1.29 is 27.4 Å². The molecule has 2 heterocycles. The summed E-state index contributed by atoms with van der Waals surface area (Å²) in [7, 11) is 1.51. The summed E-state index contributed by atoms with van der Waals surface area (Å²) < 4.78 is 48.1. The summed E-state index contributed by atoms with van der Waals surface area (Å²) in [6.07, 6.45) is -2.16. The molecule has 1 aromatic rings. The minimum atomic E-state index is -4.51. The zero-order chi connectivity index (χ0) is 16.9. The fraction of sp³-hybridized carbons (Fsp3) is 0.643. The van der Waals surface area contributed by atoms with Gasteiger partial charge in [-0.1, -0.05) is 0 Å². The molecule has 9 heteroatoms. The third kappa shape index (κ3) is 5.34. The molecule has 0 spiro atoms. The van der Waals surface area contributed by atoms with Crippen LogP contribution in [-0.2, 0) is 22.1 Å². The maximum atomic E-state index is 12.6. The molecule has 1 amide bonds. The van der Waals surface area contributed by atoms with Crippen molar-refractivity contribution in [3.05, 3.63) is 23.8 Å². The van der Waals surface area contributed by atoms with Crippen molar-refractivity contribution in [3.63, 3.8) is 0 Å². The maximum Gasteiger partial charge on any atom is 0.433 e. The first-order chi connectivity index (χ1) is 10.9. The van der Waals surface area contributed by atoms with Gasteiger partial charge in [-0.05, 0) is 18.9 Å². The lowest BCUT2D eigenvalue weighted by atomic mass is 10.2. The van der Waals surface area contributed by atoms with Crippen LogP contribution < -0.4 is 0 Å². The summed E-state index contributed by atoms with van der Waals surface area (Å²) in [5.74, 6) is 0.0265. The van der Waals surface area contributed by atoms with Gasteiger partial charge >= 0.3 is 12.3 Å². The van der Waals surface area contributed by atoms with Crippen molar-refractivity contribution in [3.8, 4) is 0 Å². The monoisotopic (exact) mass is 333 g/mol. The number of likely N-dealkylation sites (N-methyl/N-ethyl adjacent to an activating group) is 1. The molecule has 1 aliphatic rings. The smallest absolute Gasteiger partial charge is 0.433 e. The van der Waals surface area contributed by atoms with Crippen LogP contribution in [0.25, 0.3) is 0 Å². The Kier molecular flexibility index (Phi) is 5.75. The first kappa shape index (κ1) is 17.5. The average molecular weight is 333 g/mol. The first-order valence-corrected chi connectivity index (χ1v) is 7.25. The molecule has 1 saturated heterocycles. The Hall–Kier alpha value is -1.90. The predicted molar refractivity (Wildman–Crippen MR) is 73.7 cm³/mol. The number of nitrogens with zero attached hydrogens (tertiary/aromatic N) is 3. The Morgan fingerprint density at radius 2 is 2.30 bits per heavy atom. The third-order valence-corrected chi connectivity index (χ3v) is 3.40. The molecule has 2 rings (SSSR count). The molecular formula is C14H18F3N3O3. The van der Waals surface area contributed by atoms with Crippen molar-refractivity contribution >= 4 is 6.09 Å². The molecular weight excluding hydrogens is 315 g/mol. The Morgan fingerprint density at radius 1 is 1.52 bits per heavy atom. The molecule has 128 valence electrons. The minimum Gasteiger partial charge on any atom is -0.447 e. The fourth-order valence-electron chi connectivity index (χ4n) is 2.09. The SMILES string of the molecule is CN(CCc1nccc(C(F)(F)F)n1)C(=O)OCC1CCCO1. The number of rotatable bonds is 5. The van der Waals surface area contributed by atoms with Crippen molar-refractivity contribution in [2.45, 2.75) is 31.5 Å². The van der Waals surface area contributed by atoms with Crippen LogP contribution in [-0.4, -0.2) is 53.9 Å². The van der Waals surface area contributed by atoms with Gasteiger partial charge in [-0.3, -0.25) is 0 Å². The van der Waals surface area contributed by atoms with Gasteiger partial charge in [0, 0.05) is 32.8 Å². The average Bonchev–Trinajstić information content (AvgIpc) is 3.03. The first-order valence-electron chi connectivity index (χ1n) is 7.25. The normalized spacial score (nSPS) is 18.0. The Morgan fingerprint density at radius 3 is 2.96 bits per heavy atom. The van der Waals surface area contributed by atoms with Crippen molar-refractivity contribution in [2.75, 3.05) is 26.8 Å². The topological polar surface area (TPSA) is 64.6 Å². The van der Waals surface area contributed by atoms with Crippen LogP contribution in [0.4, 0.5) is 18.0 Å². The lowest BCUT2D eigenvalue weighted by Gasteiger charge is -2.18. The summed E-state index contributed by atoms with van der Waals surface area (Å²) in [5.41, 5.74) is -0.994. The molecule has 0 N–H and O–H groups in total. The van der Waals surface area contributed by atoms with Crippen LogP contribution >= 0.6 is 0 Å². The molecule has 1 aromatic heterocycles. The summed E-state index contributed by atoms with van der Waals surface area (Å²) in [5, 5.41) is 0. The minimum absolute atomic E-state index is 0.0265. The van der Waals surface area contributed by atoms with Gasteiger partial charge in [0.15, 0.2) is 0 Å². The maximum absolute atomic E-state index is 12.6. The summed E-state index contributed by atoms with van der Waals surface area (Å²) in [4.78, 5) is 20.3. The van der Waals surface area contributed by atoms with Crippen molar-refractivity contribution in [2.24, 2.45) is 0 Å². The summed E-state index contributed by atoms with van der Waals surface area (Å²) in [6, 6.07) is 0.809. The number of alkyl halides is 3. The molecule has 1 unspecified atom stereocenters. The molecule has 0 saturated carbocycles. The van der Waals surface area contributed by atoms with E-state index in [4.69, 9.17) is 9.47 Å². The standard InChI is InChI=1S/C14H18F3N3O3/c1-20(13(21)23-9-10-3-2-8-22-10)7-5-12-18-6-4-11(19-12)14(15,16)17/h4,6,10H,2-3,5,7-9H2,1H3. The van der Waals surface area contributed by atoms with E-state index in [-0.39, 0.29) is 31.5 Å². The quantitative estimate of drug-likeness (QED) is 0.827. The molecule has 0 bridgehead atoms. The molecule has 1 atom stereocenters. The third-order valence-electron chi connectivity index (χ3n) is 3.40. The number of carbonyl (C=O) groups excluding carboxylic acids is 1. The van der Waals surface area contributed by atoms with Gasteiger partial charge in [-0.15, -0.1) is 0 Å². The highest BCUT2D eigenvalue weighted by atomic mass is 19.4. The van der Waals surface area contributed by atoms with E-state index in [1.807, 2.05) is 0 Å². The Labute approximate surface area is 131 Å². The number of carbonyl (C=O) groups is 1. The van der Waals surface area contributed by atoms with Gasteiger partial charge < -0.3 is 14.4 Å². The number of amides is 1. The molecule has 23 heavy (non-hydrogen) atoms. The highest BCUT2D eigenvalue weighted by molar-refractivity contribution is 5.67. The number of hydrogen-bond acceptors (Lipinski definition) is 5. The van der Waals surface area contributed by atoms with E-state index >= 15 is 0 Å². The van der Waals surface area contributed by atoms with E-state index < -0.39 is 18.0 Å². The second-order valence-corrected chi connectivity index (χ2v) is 5.24. The van der Waals surface area contributed by atoms with Gasteiger partial charge in [0.2, 0.25) is 0 Å². The predicted octanol–water partition coefficient (Wildman–Crippen LogP) is 2.29. The summed E-state index contributed by atoms with van der Waals surface area (Å²) >= 11 is 0. The van der Waals surface area contributed by atoms with E-state index in [0.29, 0.717) is 6.61 Å². The number of aromatic nitrogens is 2. The van der Waals surface area contributed by atoms with E-state index in [9.17, 15) is 18.0 Å². The number of hydrogen-bond donors (Lipinski definition) is 0. The van der Waals surface area contributed by atoms with E-state index in [1.165, 1.54) is 11.9 Å². The summed E-state index contributed by atoms with van der Waals surface area (Å²) in [6.45, 7) is 1.01. The van der Waals surface area contributed by atoms with Gasteiger partial charge in [-0.25, -0.2) is 14.8 Å². The highest BCUT2D eigenvalue weighted by Crippen LogP contribution is 2.26. The van der Waals surface area contributed by atoms with Crippen molar-refractivity contribution in [1.29, 1.82) is 0 Å². The van der Waals surface area contributed by atoms with Crippen LogP contribution in [0.5, 0.6) is 0 Å². The molecule has 6 nitrogen and oxygen atoms in total. The van der Waals surface area contributed by atoms with Crippen molar-refractivity contribution in [1.82, 2.24) is 14.9 Å². The van der Waals surface area contributed by atoms with Crippen LogP contribution in [0.15, 0.2) is 12.3 Å². The number of ether oxygens (including phenoxy) is 2. The lowest BCUT2D eigenvalue weighted by molar-refractivity contribution is -0.141. The zero-order valence-electron chi connectivity index (χ0n) is 12.7. The molecule has 0 radical (unpaired) electrons. The lowest BCUT2D eigenvalue weighted by Crippen LogP contribution is -2.32. The van der Waals surface area contributed by atoms with Gasteiger partial charge in [0.25, 0.3) is 0 Å². The van der Waals surface area contributed by atoms with Gasteiger partial charge in [0.05, 0.1) is 6.10 Å². The number of halogens is 3. The fourth-order valence-corrected chi connectivity index (χ4v) is 2.09. The van der Waals surface area contributed by atoms with Gasteiger partial charge in [0.1, 0.15) is 18.1 Å². The second kappa shape index (κ2) is 7.58. The Balaban J connectivity index is 1.79. The second-order valence-electron chi connectivity index (χ2n) is 5.24. The highest BCUT2D eigenvalue weighted by Gasteiger charge is 2.32. The van der Waals surface area contributed by atoms with Crippen LogP contribution in [0, 0.1) is 0 Å². The zero-order valence-corrected chi connectivity index (χ0v) is 12.7.